The van der Waals surface area contributed by atoms with Gasteiger partial charge in [-0.25, -0.2) is 0 Å². The number of thiophene rings is 1. The summed E-state index contributed by atoms with van der Waals surface area (Å²) in [5.74, 6) is 1.28. The van der Waals surface area contributed by atoms with Crippen molar-refractivity contribution in [2.24, 2.45) is 0 Å². The molecule has 0 spiro atoms. The van der Waals surface area contributed by atoms with Crippen molar-refractivity contribution in [3.63, 3.8) is 0 Å². The smallest absolute Gasteiger partial charge is 0.161 e. The van der Waals surface area contributed by atoms with Gasteiger partial charge in [0.1, 0.15) is 0 Å². The Morgan fingerprint density at radius 1 is 1.26 bits per heavy atom. The maximum Gasteiger partial charge on any atom is 0.161 e. The van der Waals surface area contributed by atoms with Crippen LogP contribution in [-0.2, 0) is 6.42 Å². The molecule has 0 fully saturated rings. The second-order valence-electron chi connectivity index (χ2n) is 4.15. The maximum absolute atomic E-state index is 11.3. The minimum Gasteiger partial charge on any atom is -0.493 e. The number of ether oxygens (including phenoxy) is 2. The van der Waals surface area contributed by atoms with Crippen LogP contribution in [-0.4, -0.2) is 19.5 Å². The molecule has 0 aliphatic heterocycles. The fourth-order valence-corrected chi connectivity index (χ4v) is 2.42. The Kier molecular flexibility index (Phi) is 4.58. The largest absolute Gasteiger partial charge is 0.493 e. The van der Waals surface area contributed by atoms with Gasteiger partial charge in [0, 0.05) is 12.0 Å². The summed E-state index contributed by atoms with van der Waals surface area (Å²) >= 11 is 1.68. The monoisotopic (exact) mass is 276 g/mol. The van der Waals surface area contributed by atoms with Gasteiger partial charge >= 0.3 is 0 Å². The third kappa shape index (κ3) is 3.58. The van der Waals surface area contributed by atoms with Gasteiger partial charge in [0.05, 0.1) is 13.7 Å². The molecule has 2 rings (SSSR count). The van der Waals surface area contributed by atoms with Crippen molar-refractivity contribution >= 4 is 17.1 Å². The number of carbonyl (C=O) groups is 1. The van der Waals surface area contributed by atoms with Crippen molar-refractivity contribution in [1.82, 2.24) is 0 Å². The number of ketones is 1. The molecule has 0 saturated carbocycles. The molecular formula is C15H16O3S. The van der Waals surface area contributed by atoms with Crippen molar-refractivity contribution in [3.05, 3.63) is 46.2 Å². The molecule has 1 aromatic heterocycles. The Balaban J connectivity index is 2.01. The Labute approximate surface area is 116 Å². The number of rotatable bonds is 6. The molecule has 0 bridgehead atoms. The summed E-state index contributed by atoms with van der Waals surface area (Å²) in [6, 6.07) is 7.33. The van der Waals surface area contributed by atoms with E-state index >= 15 is 0 Å². The molecular weight excluding hydrogens is 260 g/mol. The lowest BCUT2D eigenvalue weighted by Gasteiger charge is -2.11. The van der Waals surface area contributed by atoms with Crippen LogP contribution in [0.25, 0.3) is 0 Å². The summed E-state index contributed by atoms with van der Waals surface area (Å²) in [5, 5.41) is 4.16. The third-order valence-electron chi connectivity index (χ3n) is 2.80. The number of benzene rings is 1. The van der Waals surface area contributed by atoms with Crippen LogP contribution in [0.5, 0.6) is 11.5 Å². The molecule has 1 aromatic carbocycles. The predicted octanol–water partition coefficient (Wildman–Crippen LogP) is 3.58. The Hall–Kier alpha value is -1.81. The number of methoxy groups -OCH3 is 1. The van der Waals surface area contributed by atoms with Crippen molar-refractivity contribution in [2.75, 3.05) is 13.7 Å². The van der Waals surface area contributed by atoms with Crippen LogP contribution in [0.1, 0.15) is 22.8 Å². The van der Waals surface area contributed by atoms with Gasteiger partial charge in [-0.1, -0.05) is 0 Å². The van der Waals surface area contributed by atoms with Gasteiger partial charge in [-0.15, -0.1) is 0 Å². The third-order valence-corrected chi connectivity index (χ3v) is 3.53. The van der Waals surface area contributed by atoms with E-state index in [4.69, 9.17) is 9.47 Å². The average molecular weight is 276 g/mol. The summed E-state index contributed by atoms with van der Waals surface area (Å²) in [4.78, 5) is 11.3. The first-order valence-electron chi connectivity index (χ1n) is 6.03. The van der Waals surface area contributed by atoms with E-state index in [1.165, 1.54) is 12.5 Å². The highest BCUT2D eigenvalue weighted by molar-refractivity contribution is 7.07. The van der Waals surface area contributed by atoms with Crippen molar-refractivity contribution in [3.8, 4) is 11.5 Å². The Morgan fingerprint density at radius 3 is 2.74 bits per heavy atom. The van der Waals surface area contributed by atoms with Crippen LogP contribution < -0.4 is 9.47 Å². The summed E-state index contributed by atoms with van der Waals surface area (Å²) in [6.45, 7) is 2.12. The molecule has 0 aliphatic rings. The minimum atomic E-state index is 0.0168. The molecule has 0 saturated heterocycles. The fraction of sp³-hybridized carbons (Fsp3) is 0.267. The van der Waals surface area contributed by atoms with Gasteiger partial charge in [-0.3, -0.25) is 4.79 Å². The second-order valence-corrected chi connectivity index (χ2v) is 4.93. The quantitative estimate of drug-likeness (QED) is 0.756. The average Bonchev–Trinajstić information content (AvgIpc) is 2.92. The molecule has 0 atom stereocenters. The van der Waals surface area contributed by atoms with E-state index in [9.17, 15) is 4.79 Å². The minimum absolute atomic E-state index is 0.0168. The van der Waals surface area contributed by atoms with Gasteiger partial charge in [-0.2, -0.15) is 11.3 Å². The van der Waals surface area contributed by atoms with Gasteiger partial charge in [0.25, 0.3) is 0 Å². The first-order chi connectivity index (χ1) is 9.20. The highest BCUT2D eigenvalue weighted by atomic mass is 32.1. The molecule has 0 N–H and O–H groups in total. The van der Waals surface area contributed by atoms with E-state index in [0.29, 0.717) is 23.7 Å². The lowest BCUT2D eigenvalue weighted by molar-refractivity contribution is 0.101. The van der Waals surface area contributed by atoms with Crippen molar-refractivity contribution in [2.45, 2.75) is 13.3 Å². The lowest BCUT2D eigenvalue weighted by Crippen LogP contribution is -2.03. The molecule has 0 amide bonds. The van der Waals surface area contributed by atoms with E-state index in [0.717, 1.165) is 6.42 Å². The van der Waals surface area contributed by atoms with Crippen LogP contribution in [0, 0.1) is 0 Å². The van der Waals surface area contributed by atoms with Gasteiger partial charge in [-0.05, 0) is 47.5 Å². The summed E-state index contributed by atoms with van der Waals surface area (Å²) in [6.07, 6.45) is 0.862. The van der Waals surface area contributed by atoms with E-state index in [1.54, 1.807) is 36.6 Å². The zero-order valence-electron chi connectivity index (χ0n) is 11.0. The van der Waals surface area contributed by atoms with Gasteiger partial charge in [0.2, 0.25) is 0 Å². The van der Waals surface area contributed by atoms with Crippen molar-refractivity contribution < 1.29 is 14.3 Å². The van der Waals surface area contributed by atoms with Crippen LogP contribution in [0.15, 0.2) is 35.0 Å². The van der Waals surface area contributed by atoms with E-state index < -0.39 is 0 Å². The summed E-state index contributed by atoms with van der Waals surface area (Å²) in [7, 11) is 1.57. The standard InChI is InChI=1S/C15H16O3S/c1-11(16)13-3-4-14(15(9-13)17-2)18-7-5-12-6-8-19-10-12/h3-4,6,8-10H,5,7H2,1-2H3. The number of hydrogen-bond donors (Lipinski definition) is 0. The van der Waals surface area contributed by atoms with E-state index in [1.807, 2.05) is 0 Å². The highest BCUT2D eigenvalue weighted by Gasteiger charge is 2.08. The van der Waals surface area contributed by atoms with Crippen LogP contribution in [0.3, 0.4) is 0 Å². The molecule has 19 heavy (non-hydrogen) atoms. The first kappa shape index (κ1) is 13.6. The number of Topliss-reactive ketones (excluding diaryl/α,β-unsaturated/α-hetero) is 1. The molecule has 100 valence electrons. The zero-order valence-corrected chi connectivity index (χ0v) is 11.8. The van der Waals surface area contributed by atoms with E-state index in [-0.39, 0.29) is 5.78 Å². The molecule has 0 unspecified atom stereocenters. The normalized spacial score (nSPS) is 10.2. The van der Waals surface area contributed by atoms with Gasteiger partial charge < -0.3 is 9.47 Å². The Bertz CT molecular complexity index is 547. The highest BCUT2D eigenvalue weighted by Crippen LogP contribution is 2.28. The molecule has 4 heteroatoms. The Morgan fingerprint density at radius 2 is 2.11 bits per heavy atom. The molecule has 1 heterocycles. The topological polar surface area (TPSA) is 35.5 Å². The molecule has 0 aliphatic carbocycles. The molecule has 3 nitrogen and oxygen atoms in total. The van der Waals surface area contributed by atoms with Crippen molar-refractivity contribution in [1.29, 1.82) is 0 Å². The lowest BCUT2D eigenvalue weighted by atomic mass is 10.1. The number of hydrogen-bond acceptors (Lipinski definition) is 4. The molecule has 2 aromatic rings. The zero-order chi connectivity index (χ0) is 13.7. The summed E-state index contributed by atoms with van der Waals surface area (Å²) < 4.78 is 11.0. The predicted molar refractivity (Wildman–Crippen MR) is 76.5 cm³/mol. The molecule has 0 radical (unpaired) electrons. The summed E-state index contributed by atoms with van der Waals surface area (Å²) in [5.41, 5.74) is 1.89. The first-order valence-corrected chi connectivity index (χ1v) is 6.98. The van der Waals surface area contributed by atoms with Gasteiger partial charge in [0.15, 0.2) is 17.3 Å². The van der Waals surface area contributed by atoms with E-state index in [2.05, 4.69) is 16.8 Å². The van der Waals surface area contributed by atoms with Crippen LogP contribution in [0.2, 0.25) is 0 Å². The second kappa shape index (κ2) is 6.38. The fourth-order valence-electron chi connectivity index (χ4n) is 1.72. The maximum atomic E-state index is 11.3. The number of carbonyl (C=O) groups excluding carboxylic acids is 1. The van der Waals surface area contributed by atoms with Crippen LogP contribution >= 0.6 is 11.3 Å². The SMILES string of the molecule is COc1cc(C(C)=O)ccc1OCCc1ccsc1. The van der Waals surface area contributed by atoms with Crippen LogP contribution in [0.4, 0.5) is 0 Å².